The fourth-order valence-electron chi connectivity index (χ4n) is 1.53. The van der Waals surface area contributed by atoms with Gasteiger partial charge in [0.05, 0.1) is 5.69 Å². The Morgan fingerprint density at radius 1 is 1.29 bits per heavy atom. The third kappa shape index (κ3) is 3.31. The number of thioether (sulfide) groups is 1. The molecule has 0 aliphatic rings. The van der Waals surface area contributed by atoms with Gasteiger partial charge in [-0.25, -0.2) is 4.98 Å². The highest BCUT2D eigenvalue weighted by Crippen LogP contribution is 2.26. The zero-order valence-corrected chi connectivity index (χ0v) is 11.4. The van der Waals surface area contributed by atoms with E-state index in [2.05, 4.69) is 36.2 Å². The van der Waals surface area contributed by atoms with Gasteiger partial charge >= 0.3 is 0 Å². The van der Waals surface area contributed by atoms with Crippen molar-refractivity contribution in [2.75, 3.05) is 12.4 Å². The molecule has 0 aliphatic carbocycles. The normalized spacial score (nSPS) is 10.7. The Hall–Kier alpha value is -0.840. The Balaban J connectivity index is 2.15. The molecule has 1 heterocycles. The average molecular weight is 265 g/mol. The van der Waals surface area contributed by atoms with Crippen molar-refractivity contribution in [2.24, 2.45) is 0 Å². The van der Waals surface area contributed by atoms with E-state index in [9.17, 15) is 0 Å². The summed E-state index contributed by atoms with van der Waals surface area (Å²) < 4.78 is 0. The molecule has 0 saturated carbocycles. The van der Waals surface area contributed by atoms with E-state index in [1.54, 1.807) is 11.3 Å². The average Bonchev–Trinajstić information content (AvgIpc) is 2.80. The molecule has 0 saturated heterocycles. The number of aliphatic hydroxyl groups excluding tert-OH is 1. The maximum absolute atomic E-state index is 8.86. The van der Waals surface area contributed by atoms with Crippen LogP contribution in [-0.2, 0) is 6.42 Å². The highest BCUT2D eigenvalue weighted by molar-refractivity contribution is 7.99. The summed E-state index contributed by atoms with van der Waals surface area (Å²) >= 11 is 3.48. The highest BCUT2D eigenvalue weighted by atomic mass is 32.2. The van der Waals surface area contributed by atoms with E-state index >= 15 is 0 Å². The van der Waals surface area contributed by atoms with Crippen LogP contribution in [0.1, 0.15) is 12.6 Å². The Kier molecular flexibility index (Phi) is 4.59. The molecule has 1 aromatic heterocycles. The van der Waals surface area contributed by atoms with Crippen molar-refractivity contribution in [3.05, 3.63) is 35.3 Å². The molecule has 0 aliphatic heterocycles. The van der Waals surface area contributed by atoms with Crippen LogP contribution in [0, 0.1) is 0 Å². The summed E-state index contributed by atoms with van der Waals surface area (Å²) in [7, 11) is 0. The third-order valence-corrected chi connectivity index (χ3v) is 4.17. The van der Waals surface area contributed by atoms with Crippen molar-refractivity contribution in [3.8, 4) is 10.6 Å². The molecule has 0 amide bonds. The molecule has 0 bridgehead atoms. The van der Waals surface area contributed by atoms with E-state index in [0.717, 1.165) is 22.0 Å². The van der Waals surface area contributed by atoms with Gasteiger partial charge in [-0.15, -0.1) is 23.1 Å². The lowest BCUT2D eigenvalue weighted by atomic mass is 10.2. The van der Waals surface area contributed by atoms with Crippen LogP contribution in [0.3, 0.4) is 0 Å². The van der Waals surface area contributed by atoms with Gasteiger partial charge in [0.25, 0.3) is 0 Å². The first-order valence-corrected chi connectivity index (χ1v) is 7.48. The number of hydrogen-bond donors (Lipinski definition) is 1. The molecule has 0 radical (unpaired) electrons. The van der Waals surface area contributed by atoms with Gasteiger partial charge in [0, 0.05) is 28.9 Å². The van der Waals surface area contributed by atoms with E-state index in [1.807, 2.05) is 17.1 Å². The molecule has 0 fully saturated rings. The summed E-state index contributed by atoms with van der Waals surface area (Å²) in [4.78, 5) is 5.79. The summed E-state index contributed by atoms with van der Waals surface area (Å²) in [5, 5.41) is 11.9. The largest absolute Gasteiger partial charge is 0.396 e. The molecule has 0 spiro atoms. The molecule has 2 rings (SSSR count). The van der Waals surface area contributed by atoms with Gasteiger partial charge in [-0.1, -0.05) is 19.1 Å². The van der Waals surface area contributed by atoms with Crippen LogP contribution in [0.15, 0.2) is 34.5 Å². The summed E-state index contributed by atoms with van der Waals surface area (Å²) in [5.74, 6) is 1.09. The van der Waals surface area contributed by atoms with E-state index in [4.69, 9.17) is 5.11 Å². The van der Waals surface area contributed by atoms with E-state index in [0.29, 0.717) is 6.42 Å². The molecule has 0 atom stereocenters. The Morgan fingerprint density at radius 3 is 2.71 bits per heavy atom. The first kappa shape index (κ1) is 12.6. The monoisotopic (exact) mass is 265 g/mol. The van der Waals surface area contributed by atoms with Crippen LogP contribution in [0.2, 0.25) is 0 Å². The van der Waals surface area contributed by atoms with Gasteiger partial charge in [-0.2, -0.15) is 0 Å². The predicted molar refractivity (Wildman–Crippen MR) is 74.7 cm³/mol. The van der Waals surface area contributed by atoms with Gasteiger partial charge in [-0.05, 0) is 17.9 Å². The van der Waals surface area contributed by atoms with Crippen LogP contribution >= 0.6 is 23.1 Å². The summed E-state index contributed by atoms with van der Waals surface area (Å²) in [6.07, 6.45) is 0.639. The molecule has 2 nitrogen and oxygen atoms in total. The Bertz CT molecular complexity index is 465. The zero-order valence-electron chi connectivity index (χ0n) is 9.72. The topological polar surface area (TPSA) is 33.1 Å². The summed E-state index contributed by atoms with van der Waals surface area (Å²) in [6, 6.07) is 8.49. The SMILES string of the molecule is CCSc1ccc(-c2nc(CCO)cs2)cc1. The van der Waals surface area contributed by atoms with Gasteiger partial charge in [0.15, 0.2) is 0 Å². The minimum absolute atomic E-state index is 0.162. The number of thiazole rings is 1. The summed E-state index contributed by atoms with van der Waals surface area (Å²) in [5.41, 5.74) is 2.12. The van der Waals surface area contributed by atoms with E-state index < -0.39 is 0 Å². The third-order valence-electron chi connectivity index (χ3n) is 2.33. The van der Waals surface area contributed by atoms with Gasteiger partial charge in [-0.3, -0.25) is 0 Å². The minimum atomic E-state index is 0.162. The second-order valence-corrected chi connectivity index (χ2v) is 5.77. The number of rotatable bonds is 5. The second-order valence-electron chi connectivity index (χ2n) is 3.57. The Morgan fingerprint density at radius 2 is 2.06 bits per heavy atom. The lowest BCUT2D eigenvalue weighted by Gasteiger charge is -2.00. The quantitative estimate of drug-likeness (QED) is 0.841. The van der Waals surface area contributed by atoms with Crippen molar-refractivity contribution < 1.29 is 5.11 Å². The van der Waals surface area contributed by atoms with Crippen LogP contribution in [0.4, 0.5) is 0 Å². The fraction of sp³-hybridized carbons (Fsp3) is 0.308. The van der Waals surface area contributed by atoms with Crippen LogP contribution in [0.5, 0.6) is 0 Å². The number of aliphatic hydroxyl groups is 1. The highest BCUT2D eigenvalue weighted by Gasteiger charge is 2.04. The van der Waals surface area contributed by atoms with Crippen LogP contribution in [-0.4, -0.2) is 22.5 Å². The molecule has 4 heteroatoms. The van der Waals surface area contributed by atoms with Crippen molar-refractivity contribution in [2.45, 2.75) is 18.2 Å². The van der Waals surface area contributed by atoms with Crippen molar-refractivity contribution in [1.29, 1.82) is 0 Å². The number of benzene rings is 1. The molecular weight excluding hydrogens is 250 g/mol. The lowest BCUT2D eigenvalue weighted by Crippen LogP contribution is -1.90. The lowest BCUT2D eigenvalue weighted by molar-refractivity contribution is 0.298. The first-order valence-electron chi connectivity index (χ1n) is 5.62. The van der Waals surface area contributed by atoms with Crippen molar-refractivity contribution in [3.63, 3.8) is 0 Å². The van der Waals surface area contributed by atoms with Crippen LogP contribution in [0.25, 0.3) is 10.6 Å². The van der Waals surface area contributed by atoms with E-state index in [1.165, 1.54) is 4.90 Å². The first-order chi connectivity index (χ1) is 8.33. The molecule has 1 N–H and O–H groups in total. The maximum Gasteiger partial charge on any atom is 0.123 e. The standard InChI is InChI=1S/C13H15NOS2/c1-2-16-12-5-3-10(4-6-12)13-14-11(7-8-15)9-17-13/h3-6,9,15H,2,7-8H2,1H3. The molecule has 17 heavy (non-hydrogen) atoms. The van der Waals surface area contributed by atoms with Crippen molar-refractivity contribution >= 4 is 23.1 Å². The van der Waals surface area contributed by atoms with Gasteiger partial charge < -0.3 is 5.11 Å². The van der Waals surface area contributed by atoms with Crippen molar-refractivity contribution in [1.82, 2.24) is 4.98 Å². The maximum atomic E-state index is 8.86. The molecular formula is C13H15NOS2. The van der Waals surface area contributed by atoms with Gasteiger partial charge in [0.1, 0.15) is 5.01 Å². The molecule has 90 valence electrons. The van der Waals surface area contributed by atoms with Crippen LogP contribution < -0.4 is 0 Å². The second kappa shape index (κ2) is 6.19. The fourth-order valence-corrected chi connectivity index (χ4v) is 3.05. The molecule has 2 aromatic rings. The minimum Gasteiger partial charge on any atom is -0.396 e. The number of hydrogen-bond acceptors (Lipinski definition) is 4. The van der Waals surface area contributed by atoms with Gasteiger partial charge in [0.2, 0.25) is 0 Å². The predicted octanol–water partition coefficient (Wildman–Crippen LogP) is 3.46. The van der Waals surface area contributed by atoms with E-state index in [-0.39, 0.29) is 6.61 Å². The summed E-state index contributed by atoms with van der Waals surface area (Å²) in [6.45, 7) is 2.32. The zero-order chi connectivity index (χ0) is 12.1. The molecule has 1 aromatic carbocycles. The Labute approximate surface area is 110 Å². The smallest absolute Gasteiger partial charge is 0.123 e. The number of nitrogens with zero attached hydrogens (tertiary/aromatic N) is 1. The number of aromatic nitrogens is 1. The molecule has 0 unspecified atom stereocenters.